The first-order valence-corrected chi connectivity index (χ1v) is 1.77. The molecule has 0 saturated carbocycles. The Hall–Kier alpha value is -0.356. The minimum Gasteiger partial charge on any atom is -0.394 e. The zero-order valence-corrected chi connectivity index (χ0v) is 4.56. The van der Waals surface area contributed by atoms with Crippen LogP contribution in [0.1, 0.15) is 0 Å². The van der Waals surface area contributed by atoms with E-state index >= 15 is 0 Å². The van der Waals surface area contributed by atoms with Crippen molar-refractivity contribution in [3.05, 3.63) is 30.6 Å². The molecule has 0 radical (unpaired) electrons. The van der Waals surface area contributed by atoms with Crippen LogP contribution >= 0.6 is 0 Å². The predicted molar refractivity (Wildman–Crippen MR) is 23.1 cm³/mol. The fourth-order valence-electron chi connectivity index (χ4n) is 0.277. The molecule has 1 aromatic heterocycles. The largest absolute Gasteiger partial charge is 0.394 e. The molecular formula is C5H4NNi-. The molecule has 1 rings (SSSR count). The van der Waals surface area contributed by atoms with Gasteiger partial charge in [0.15, 0.2) is 0 Å². The van der Waals surface area contributed by atoms with Gasteiger partial charge in [-0.15, -0.1) is 0 Å². The third-order valence-electron chi connectivity index (χ3n) is 0.517. The molecule has 0 fully saturated rings. The van der Waals surface area contributed by atoms with Crippen LogP contribution in [0.2, 0.25) is 0 Å². The second kappa shape index (κ2) is 3.82. The van der Waals surface area contributed by atoms with Crippen LogP contribution in [-0.2, 0) is 16.5 Å². The molecule has 0 unspecified atom stereocenters. The van der Waals surface area contributed by atoms with Crippen LogP contribution in [0.25, 0.3) is 0 Å². The van der Waals surface area contributed by atoms with E-state index in [1.807, 2.05) is 12.1 Å². The van der Waals surface area contributed by atoms with Gasteiger partial charge in [-0.2, -0.15) is 18.2 Å². The van der Waals surface area contributed by atoms with Crippen LogP contribution in [0.15, 0.2) is 24.4 Å². The molecule has 0 aliphatic rings. The first-order valence-electron chi connectivity index (χ1n) is 1.77. The molecule has 0 spiro atoms. The standard InChI is InChI=1S/C5H4N.Ni/c1-2-4-6-5-3-1;/h1-4H;/q-1;. The van der Waals surface area contributed by atoms with Gasteiger partial charge in [0.05, 0.1) is 0 Å². The smallest absolute Gasteiger partial charge is 0 e. The summed E-state index contributed by atoms with van der Waals surface area (Å²) in [5.74, 6) is 0. The molecule has 2 heteroatoms. The van der Waals surface area contributed by atoms with Gasteiger partial charge in [0.25, 0.3) is 0 Å². The van der Waals surface area contributed by atoms with E-state index in [9.17, 15) is 0 Å². The van der Waals surface area contributed by atoms with Crippen LogP contribution in [-0.4, -0.2) is 4.98 Å². The van der Waals surface area contributed by atoms with Gasteiger partial charge in [0.1, 0.15) is 0 Å². The maximum atomic E-state index is 3.66. The van der Waals surface area contributed by atoms with Gasteiger partial charge in [-0.25, -0.2) is 0 Å². The van der Waals surface area contributed by atoms with Crippen molar-refractivity contribution in [3.8, 4) is 0 Å². The fourth-order valence-corrected chi connectivity index (χ4v) is 0.277. The van der Waals surface area contributed by atoms with Crippen LogP contribution < -0.4 is 0 Å². The van der Waals surface area contributed by atoms with E-state index in [2.05, 4.69) is 11.2 Å². The summed E-state index contributed by atoms with van der Waals surface area (Å²) in [5, 5.41) is 0. The average molecular weight is 137 g/mol. The van der Waals surface area contributed by atoms with E-state index in [-0.39, 0.29) is 16.5 Å². The topological polar surface area (TPSA) is 12.9 Å². The van der Waals surface area contributed by atoms with Gasteiger partial charge in [0, 0.05) is 16.5 Å². The summed E-state index contributed by atoms with van der Waals surface area (Å²) >= 11 is 0. The molecule has 1 nitrogen and oxygen atoms in total. The Labute approximate surface area is 52.7 Å². The summed E-state index contributed by atoms with van der Waals surface area (Å²) in [6.45, 7) is 0. The molecule has 1 aromatic rings. The van der Waals surface area contributed by atoms with Crippen molar-refractivity contribution < 1.29 is 16.5 Å². The van der Waals surface area contributed by atoms with Gasteiger partial charge in [-0.3, -0.25) is 0 Å². The summed E-state index contributed by atoms with van der Waals surface area (Å²) in [5.41, 5.74) is 0. The van der Waals surface area contributed by atoms with E-state index in [0.29, 0.717) is 0 Å². The molecule has 1 heterocycles. The Bertz CT molecular complexity index is 80.0. The fraction of sp³-hybridized carbons (Fsp3) is 0. The van der Waals surface area contributed by atoms with Crippen molar-refractivity contribution in [2.24, 2.45) is 0 Å². The van der Waals surface area contributed by atoms with Gasteiger partial charge in [0.2, 0.25) is 0 Å². The molecule has 7 heavy (non-hydrogen) atoms. The van der Waals surface area contributed by atoms with E-state index < -0.39 is 0 Å². The minimum atomic E-state index is 0. The van der Waals surface area contributed by atoms with Crippen LogP contribution in [0.3, 0.4) is 0 Å². The zero-order valence-electron chi connectivity index (χ0n) is 3.57. The maximum Gasteiger partial charge on any atom is 0 e. The number of rotatable bonds is 0. The third-order valence-corrected chi connectivity index (χ3v) is 0.517. The summed E-state index contributed by atoms with van der Waals surface area (Å²) < 4.78 is 0. The number of hydrogen-bond donors (Lipinski definition) is 0. The van der Waals surface area contributed by atoms with Crippen LogP contribution in [0.4, 0.5) is 0 Å². The summed E-state index contributed by atoms with van der Waals surface area (Å²) in [6, 6.07) is 5.50. The normalized spacial score (nSPS) is 6.86. The Morgan fingerprint density at radius 3 is 2.29 bits per heavy atom. The minimum absolute atomic E-state index is 0. The van der Waals surface area contributed by atoms with Gasteiger partial charge < -0.3 is 4.98 Å². The molecule has 0 amide bonds. The third kappa shape index (κ3) is 2.35. The monoisotopic (exact) mass is 136 g/mol. The van der Waals surface area contributed by atoms with Crippen molar-refractivity contribution in [1.82, 2.24) is 4.98 Å². The van der Waals surface area contributed by atoms with E-state index in [1.165, 1.54) is 0 Å². The van der Waals surface area contributed by atoms with E-state index in [0.717, 1.165) is 0 Å². The second-order valence-corrected chi connectivity index (χ2v) is 0.959. The molecule has 0 aromatic carbocycles. The molecular weight excluding hydrogens is 133 g/mol. The molecule has 40 valence electrons. The Balaban J connectivity index is 0.000000360. The second-order valence-electron chi connectivity index (χ2n) is 0.959. The number of hydrogen-bond acceptors (Lipinski definition) is 1. The van der Waals surface area contributed by atoms with Gasteiger partial charge in [-0.05, 0) is 0 Å². The molecule has 0 aliphatic carbocycles. The SMILES string of the molecule is [Ni].[c-]1ccccn1. The average Bonchev–Trinajstić information content (AvgIpc) is 1.72. The summed E-state index contributed by atoms with van der Waals surface area (Å²) in [6.07, 6.45) is 4.34. The van der Waals surface area contributed by atoms with E-state index in [4.69, 9.17) is 0 Å². The Kier molecular flexibility index (Phi) is 3.63. The molecule has 0 saturated heterocycles. The van der Waals surface area contributed by atoms with Crippen molar-refractivity contribution in [3.63, 3.8) is 0 Å². The summed E-state index contributed by atoms with van der Waals surface area (Å²) in [7, 11) is 0. The Morgan fingerprint density at radius 1 is 1.29 bits per heavy atom. The predicted octanol–water partition coefficient (Wildman–Crippen LogP) is 0.879. The van der Waals surface area contributed by atoms with Crippen molar-refractivity contribution in [1.29, 1.82) is 0 Å². The number of nitrogens with zero attached hydrogens (tertiary/aromatic N) is 1. The number of aromatic nitrogens is 1. The van der Waals surface area contributed by atoms with Gasteiger partial charge in [-0.1, -0.05) is 12.4 Å². The molecule has 0 aliphatic heterocycles. The summed E-state index contributed by atoms with van der Waals surface area (Å²) in [4.78, 5) is 3.66. The first-order chi connectivity index (χ1) is 3.00. The zero-order chi connectivity index (χ0) is 4.24. The molecule has 0 atom stereocenters. The van der Waals surface area contributed by atoms with Crippen molar-refractivity contribution >= 4 is 0 Å². The quantitative estimate of drug-likeness (QED) is 0.381. The van der Waals surface area contributed by atoms with Gasteiger partial charge >= 0.3 is 0 Å². The first kappa shape index (κ1) is 6.64. The van der Waals surface area contributed by atoms with Crippen LogP contribution in [0.5, 0.6) is 0 Å². The van der Waals surface area contributed by atoms with Crippen molar-refractivity contribution in [2.45, 2.75) is 0 Å². The van der Waals surface area contributed by atoms with Crippen LogP contribution in [0, 0.1) is 6.20 Å². The van der Waals surface area contributed by atoms with E-state index in [1.54, 1.807) is 12.3 Å². The Morgan fingerprint density at radius 2 is 2.14 bits per heavy atom. The maximum absolute atomic E-state index is 3.66. The van der Waals surface area contributed by atoms with Crippen molar-refractivity contribution in [2.75, 3.05) is 0 Å². The number of pyridine rings is 1. The molecule has 0 N–H and O–H groups in total. The molecule has 0 bridgehead atoms.